The molecule has 0 aromatic carbocycles. The van der Waals surface area contributed by atoms with E-state index in [0.717, 1.165) is 11.3 Å². The highest BCUT2D eigenvalue weighted by atomic mass is 32.1. The lowest BCUT2D eigenvalue weighted by Gasteiger charge is -2.20. The van der Waals surface area contributed by atoms with Crippen molar-refractivity contribution in [3.63, 3.8) is 0 Å². The van der Waals surface area contributed by atoms with E-state index in [0.29, 0.717) is 47.5 Å². The van der Waals surface area contributed by atoms with Crippen LogP contribution < -0.4 is 5.32 Å². The zero-order valence-electron chi connectivity index (χ0n) is 14.4. The summed E-state index contributed by atoms with van der Waals surface area (Å²) in [6.45, 7) is 1.16. The summed E-state index contributed by atoms with van der Waals surface area (Å²) < 4.78 is 10.8. The number of ketones is 1. The largest absolute Gasteiger partial charge is 0.463 e. The molecule has 1 fully saturated rings. The van der Waals surface area contributed by atoms with Crippen LogP contribution in [0.2, 0.25) is 0 Å². The Bertz CT molecular complexity index is 931. The standard InChI is InChI=1S/C19H17N3O4S/c23-16(12-6-10-25-11-7-12)17-15(14-5-3-9-26-14)21-19(27-17)22-18(24)13-4-1-2-8-20-13/h1-5,8-9,12H,6-7,10-11H2,(H,21,22,24). The molecule has 1 amide bonds. The number of anilines is 1. The van der Waals surface area contributed by atoms with E-state index in [2.05, 4.69) is 15.3 Å². The summed E-state index contributed by atoms with van der Waals surface area (Å²) in [7, 11) is 0. The number of amides is 1. The van der Waals surface area contributed by atoms with E-state index >= 15 is 0 Å². The van der Waals surface area contributed by atoms with Gasteiger partial charge in [-0.15, -0.1) is 0 Å². The van der Waals surface area contributed by atoms with Crippen molar-refractivity contribution >= 4 is 28.2 Å². The molecule has 1 aliphatic heterocycles. The summed E-state index contributed by atoms with van der Waals surface area (Å²) in [5, 5.41) is 3.07. The molecular weight excluding hydrogens is 366 g/mol. The number of carbonyl (C=O) groups excluding carboxylic acids is 2. The van der Waals surface area contributed by atoms with Crippen LogP contribution in [0.5, 0.6) is 0 Å². The fraction of sp³-hybridized carbons (Fsp3) is 0.263. The maximum Gasteiger partial charge on any atom is 0.276 e. The molecule has 8 heteroatoms. The number of ether oxygens (including phenoxy) is 1. The molecule has 3 aromatic heterocycles. The third kappa shape index (κ3) is 3.81. The summed E-state index contributed by atoms with van der Waals surface area (Å²) in [6.07, 6.45) is 4.45. The molecule has 0 aliphatic carbocycles. The van der Waals surface area contributed by atoms with Gasteiger partial charge >= 0.3 is 0 Å². The first kappa shape index (κ1) is 17.6. The topological polar surface area (TPSA) is 94.3 Å². The average Bonchev–Trinajstić information content (AvgIpc) is 3.38. The van der Waals surface area contributed by atoms with E-state index in [4.69, 9.17) is 9.15 Å². The van der Waals surface area contributed by atoms with Crippen LogP contribution in [0.4, 0.5) is 5.13 Å². The normalized spacial score (nSPS) is 14.8. The predicted octanol–water partition coefficient (Wildman–Crippen LogP) is 3.66. The Kier molecular flexibility index (Phi) is 5.08. The highest BCUT2D eigenvalue weighted by molar-refractivity contribution is 7.18. The van der Waals surface area contributed by atoms with Gasteiger partial charge in [0.15, 0.2) is 16.7 Å². The van der Waals surface area contributed by atoms with Crippen LogP contribution in [0, 0.1) is 5.92 Å². The number of Topliss-reactive ketones (excluding diaryl/α,β-unsaturated/α-hetero) is 1. The van der Waals surface area contributed by atoms with Crippen LogP contribution in [0.3, 0.4) is 0 Å². The van der Waals surface area contributed by atoms with Crippen molar-refractivity contribution in [3.05, 3.63) is 53.4 Å². The van der Waals surface area contributed by atoms with Gasteiger partial charge in [0.25, 0.3) is 5.91 Å². The second kappa shape index (κ2) is 7.81. The molecule has 0 atom stereocenters. The van der Waals surface area contributed by atoms with Crippen LogP contribution >= 0.6 is 11.3 Å². The zero-order valence-corrected chi connectivity index (χ0v) is 15.2. The van der Waals surface area contributed by atoms with Gasteiger partial charge in [0.1, 0.15) is 16.3 Å². The first-order valence-corrected chi connectivity index (χ1v) is 9.43. The molecule has 1 aliphatic rings. The van der Waals surface area contributed by atoms with Gasteiger partial charge in [-0.2, -0.15) is 0 Å². The lowest BCUT2D eigenvalue weighted by molar-refractivity contribution is 0.0547. The maximum atomic E-state index is 13.0. The summed E-state index contributed by atoms with van der Waals surface area (Å²) in [5.74, 6) is 0.0354. The van der Waals surface area contributed by atoms with Crippen molar-refractivity contribution in [2.24, 2.45) is 5.92 Å². The average molecular weight is 383 g/mol. The Morgan fingerprint density at radius 1 is 1.15 bits per heavy atom. The summed E-state index contributed by atoms with van der Waals surface area (Å²) in [5.41, 5.74) is 0.738. The monoisotopic (exact) mass is 383 g/mol. The van der Waals surface area contributed by atoms with E-state index in [1.165, 1.54) is 6.26 Å². The van der Waals surface area contributed by atoms with Crippen molar-refractivity contribution in [1.29, 1.82) is 0 Å². The maximum absolute atomic E-state index is 13.0. The van der Waals surface area contributed by atoms with Crippen LogP contribution in [0.25, 0.3) is 11.5 Å². The molecule has 4 heterocycles. The van der Waals surface area contributed by atoms with Gasteiger partial charge in [0.05, 0.1) is 6.26 Å². The summed E-state index contributed by atoms with van der Waals surface area (Å²) in [6, 6.07) is 8.58. The van der Waals surface area contributed by atoms with Gasteiger partial charge in [0, 0.05) is 25.3 Å². The second-order valence-electron chi connectivity index (χ2n) is 6.09. The zero-order chi connectivity index (χ0) is 18.6. The third-order valence-corrected chi connectivity index (χ3v) is 5.30. The Morgan fingerprint density at radius 3 is 2.70 bits per heavy atom. The number of carbonyl (C=O) groups is 2. The molecule has 4 rings (SSSR count). The molecule has 0 bridgehead atoms. The Morgan fingerprint density at radius 2 is 2.00 bits per heavy atom. The van der Waals surface area contributed by atoms with Gasteiger partial charge in [0.2, 0.25) is 0 Å². The molecular formula is C19H17N3O4S. The number of rotatable bonds is 5. The highest BCUT2D eigenvalue weighted by Crippen LogP contribution is 2.35. The van der Waals surface area contributed by atoms with Crippen molar-refractivity contribution in [2.45, 2.75) is 12.8 Å². The molecule has 0 radical (unpaired) electrons. The number of nitrogens with one attached hydrogen (secondary N) is 1. The van der Waals surface area contributed by atoms with Gasteiger partial charge in [-0.3, -0.25) is 19.9 Å². The first-order valence-electron chi connectivity index (χ1n) is 8.61. The minimum absolute atomic E-state index is 0.0144. The van der Waals surface area contributed by atoms with Crippen LogP contribution in [0.1, 0.15) is 33.0 Å². The molecule has 0 saturated carbocycles. The summed E-state index contributed by atoms with van der Waals surface area (Å²) >= 11 is 1.16. The fourth-order valence-electron chi connectivity index (χ4n) is 2.92. The van der Waals surface area contributed by atoms with E-state index in [-0.39, 0.29) is 23.3 Å². The van der Waals surface area contributed by atoms with Gasteiger partial charge in [-0.05, 0) is 37.1 Å². The van der Waals surface area contributed by atoms with Crippen molar-refractivity contribution < 1.29 is 18.7 Å². The molecule has 138 valence electrons. The number of hydrogen-bond acceptors (Lipinski definition) is 7. The molecule has 3 aromatic rings. The molecule has 7 nitrogen and oxygen atoms in total. The van der Waals surface area contributed by atoms with E-state index in [1.807, 2.05) is 0 Å². The van der Waals surface area contributed by atoms with Crippen molar-refractivity contribution in [2.75, 3.05) is 18.5 Å². The molecule has 27 heavy (non-hydrogen) atoms. The van der Waals surface area contributed by atoms with Crippen LogP contribution in [0.15, 0.2) is 47.2 Å². The molecule has 0 spiro atoms. The number of aromatic nitrogens is 2. The van der Waals surface area contributed by atoms with Crippen molar-refractivity contribution in [1.82, 2.24) is 9.97 Å². The summed E-state index contributed by atoms with van der Waals surface area (Å²) in [4.78, 5) is 34.4. The molecule has 1 saturated heterocycles. The third-order valence-electron chi connectivity index (χ3n) is 4.32. The number of pyridine rings is 1. The number of nitrogens with zero attached hydrogens (tertiary/aromatic N) is 2. The minimum Gasteiger partial charge on any atom is -0.463 e. The quantitative estimate of drug-likeness (QED) is 0.676. The SMILES string of the molecule is O=C(Nc1nc(-c2ccco2)c(C(=O)C2CCOCC2)s1)c1ccccn1. The first-order chi connectivity index (χ1) is 13.2. The number of hydrogen-bond donors (Lipinski definition) is 1. The van der Waals surface area contributed by atoms with E-state index in [9.17, 15) is 9.59 Å². The second-order valence-corrected chi connectivity index (χ2v) is 7.09. The Balaban J connectivity index is 1.63. The molecule has 0 unspecified atom stereocenters. The number of thiazole rings is 1. The predicted molar refractivity (Wildman–Crippen MR) is 99.9 cm³/mol. The van der Waals surface area contributed by atoms with Gasteiger partial charge in [-0.25, -0.2) is 4.98 Å². The molecule has 1 N–H and O–H groups in total. The Labute approximate surface area is 159 Å². The smallest absolute Gasteiger partial charge is 0.276 e. The van der Waals surface area contributed by atoms with Crippen LogP contribution in [-0.4, -0.2) is 34.9 Å². The van der Waals surface area contributed by atoms with Gasteiger partial charge < -0.3 is 9.15 Å². The lowest BCUT2D eigenvalue weighted by Crippen LogP contribution is -2.23. The fourth-order valence-corrected chi connectivity index (χ4v) is 3.91. The minimum atomic E-state index is -0.375. The highest BCUT2D eigenvalue weighted by Gasteiger charge is 2.29. The van der Waals surface area contributed by atoms with Gasteiger partial charge in [-0.1, -0.05) is 17.4 Å². The van der Waals surface area contributed by atoms with E-state index in [1.54, 1.807) is 36.5 Å². The Hall–Kier alpha value is -2.84. The number of furan rings is 1. The van der Waals surface area contributed by atoms with E-state index < -0.39 is 0 Å². The lowest BCUT2D eigenvalue weighted by atomic mass is 9.94. The van der Waals surface area contributed by atoms with Crippen molar-refractivity contribution in [3.8, 4) is 11.5 Å². The van der Waals surface area contributed by atoms with Crippen LogP contribution in [-0.2, 0) is 4.74 Å².